The highest BCUT2D eigenvalue weighted by molar-refractivity contribution is 5.50. The van der Waals surface area contributed by atoms with Gasteiger partial charge in [0.2, 0.25) is 0 Å². The summed E-state index contributed by atoms with van der Waals surface area (Å²) in [4.78, 5) is 2.11. The van der Waals surface area contributed by atoms with Crippen molar-refractivity contribution in [3.63, 3.8) is 0 Å². The summed E-state index contributed by atoms with van der Waals surface area (Å²) in [7, 11) is 4.11. The monoisotopic (exact) mass is 477 g/mol. The molecule has 5 heteroatoms. The molecule has 1 heterocycles. The molecule has 1 aromatic carbocycles. The quantitative estimate of drug-likeness (QED) is 0.489. The molecule has 6 atom stereocenters. The third-order valence-electron chi connectivity index (χ3n) is 10.4. The molecular formula is C30H39NO4. The molecule has 6 rings (SSSR count). The Morgan fingerprint density at radius 3 is 2.40 bits per heavy atom. The molecule has 0 amide bonds. The van der Waals surface area contributed by atoms with Gasteiger partial charge in [0, 0.05) is 44.0 Å². The van der Waals surface area contributed by atoms with Crippen LogP contribution in [0.1, 0.15) is 69.8 Å². The minimum atomic E-state index is -1.08. The van der Waals surface area contributed by atoms with Crippen LogP contribution < -0.4 is 4.90 Å². The Bertz CT molecular complexity index is 1080. The van der Waals surface area contributed by atoms with Gasteiger partial charge in [-0.1, -0.05) is 30.6 Å². The maximum absolute atomic E-state index is 12.1. The van der Waals surface area contributed by atoms with Crippen LogP contribution in [0, 0.1) is 29.6 Å². The Morgan fingerprint density at radius 1 is 1.03 bits per heavy atom. The normalized spacial score (nSPS) is 41.8. The molecule has 4 fully saturated rings. The van der Waals surface area contributed by atoms with E-state index in [2.05, 4.69) is 56.1 Å². The molecule has 1 aliphatic heterocycles. The van der Waals surface area contributed by atoms with Crippen molar-refractivity contribution in [3.05, 3.63) is 41.0 Å². The molecule has 0 unspecified atom stereocenters. The van der Waals surface area contributed by atoms with Crippen molar-refractivity contribution in [2.24, 2.45) is 17.3 Å². The van der Waals surface area contributed by atoms with Crippen molar-refractivity contribution in [1.29, 1.82) is 0 Å². The highest BCUT2D eigenvalue weighted by Crippen LogP contribution is 2.67. The van der Waals surface area contributed by atoms with E-state index in [1.54, 1.807) is 0 Å². The summed E-state index contributed by atoms with van der Waals surface area (Å²) in [6, 6.07) is 8.83. The maximum atomic E-state index is 12.1. The number of rotatable bonds is 2. The zero-order chi connectivity index (χ0) is 24.6. The minimum Gasteiger partial charge on any atom is -0.385 e. The number of hydrogen-bond donors (Lipinski definition) is 2. The fourth-order valence-electron chi connectivity index (χ4n) is 8.56. The number of nitrogens with zero attached hydrogens (tertiary/aromatic N) is 1. The van der Waals surface area contributed by atoms with Gasteiger partial charge in [-0.15, -0.1) is 6.42 Å². The number of hydrogen-bond acceptors (Lipinski definition) is 5. The summed E-state index contributed by atoms with van der Waals surface area (Å²) in [5, 5.41) is 23.7. The molecule has 0 bridgehead atoms. The molecule has 1 spiro atoms. The van der Waals surface area contributed by atoms with E-state index in [0.29, 0.717) is 37.9 Å². The molecule has 35 heavy (non-hydrogen) atoms. The van der Waals surface area contributed by atoms with Crippen molar-refractivity contribution in [3.8, 4) is 12.3 Å². The molecule has 4 aliphatic carbocycles. The molecule has 0 radical (unpaired) electrons. The van der Waals surface area contributed by atoms with Crippen molar-refractivity contribution >= 4 is 5.69 Å². The smallest absolute Gasteiger partial charge is 0.171 e. The van der Waals surface area contributed by atoms with Gasteiger partial charge < -0.3 is 24.6 Å². The highest BCUT2D eigenvalue weighted by Gasteiger charge is 2.64. The summed E-state index contributed by atoms with van der Waals surface area (Å²) in [5.74, 6) is 3.00. The number of benzene rings is 1. The van der Waals surface area contributed by atoms with E-state index in [1.807, 2.05) is 0 Å². The summed E-state index contributed by atoms with van der Waals surface area (Å²) >= 11 is 0. The zero-order valence-corrected chi connectivity index (χ0v) is 21.3. The van der Waals surface area contributed by atoms with Crippen molar-refractivity contribution < 1.29 is 19.7 Å². The summed E-state index contributed by atoms with van der Waals surface area (Å²) in [6.45, 7) is 3.44. The largest absolute Gasteiger partial charge is 0.385 e. The van der Waals surface area contributed by atoms with Gasteiger partial charge in [0.25, 0.3) is 0 Å². The van der Waals surface area contributed by atoms with Crippen LogP contribution in [0.3, 0.4) is 0 Å². The van der Waals surface area contributed by atoms with Gasteiger partial charge >= 0.3 is 0 Å². The van der Waals surface area contributed by atoms with Gasteiger partial charge in [0.15, 0.2) is 5.79 Å². The number of terminal acetylenes is 1. The first kappa shape index (κ1) is 23.6. The lowest BCUT2D eigenvalue weighted by Crippen LogP contribution is -2.55. The number of allylic oxidation sites excluding steroid dienone is 1. The SMILES string of the molecule is C#C[C@]1(O)CC[C@H]2[C@@H]3CC[C@]4(O)CC5(CCC4=C3[C@@H](c3ccc(N(C)C)cc3)C[C@@]21C)OCCO5. The van der Waals surface area contributed by atoms with E-state index < -0.39 is 17.0 Å². The first-order chi connectivity index (χ1) is 16.6. The summed E-state index contributed by atoms with van der Waals surface area (Å²) in [5.41, 5.74) is 2.76. The Labute approximate surface area is 209 Å². The van der Waals surface area contributed by atoms with Gasteiger partial charge in [0.1, 0.15) is 5.60 Å². The van der Waals surface area contributed by atoms with Crippen LogP contribution in [0.2, 0.25) is 0 Å². The van der Waals surface area contributed by atoms with E-state index in [1.165, 1.54) is 22.4 Å². The van der Waals surface area contributed by atoms with Gasteiger partial charge in [-0.3, -0.25) is 0 Å². The van der Waals surface area contributed by atoms with E-state index >= 15 is 0 Å². The average molecular weight is 478 g/mol. The number of ether oxygens (including phenoxy) is 2. The Hall–Kier alpha value is -1.84. The van der Waals surface area contributed by atoms with E-state index in [-0.39, 0.29) is 11.3 Å². The topological polar surface area (TPSA) is 62.2 Å². The predicted octanol–water partition coefficient (Wildman–Crippen LogP) is 4.39. The second kappa shape index (κ2) is 7.83. The van der Waals surface area contributed by atoms with Crippen molar-refractivity contribution in [1.82, 2.24) is 0 Å². The molecular weight excluding hydrogens is 438 g/mol. The molecule has 2 N–H and O–H groups in total. The second-order valence-corrected chi connectivity index (χ2v) is 12.2. The number of aliphatic hydroxyl groups is 2. The third-order valence-corrected chi connectivity index (χ3v) is 10.4. The number of fused-ring (bicyclic) bond motifs is 4. The zero-order valence-electron chi connectivity index (χ0n) is 21.3. The van der Waals surface area contributed by atoms with Crippen LogP contribution in [0.15, 0.2) is 35.4 Å². The number of anilines is 1. The average Bonchev–Trinajstić information content (AvgIpc) is 3.39. The van der Waals surface area contributed by atoms with Gasteiger partial charge in [-0.25, -0.2) is 0 Å². The van der Waals surface area contributed by atoms with Crippen molar-refractivity contribution in [2.45, 2.75) is 81.2 Å². The predicted molar refractivity (Wildman–Crippen MR) is 136 cm³/mol. The summed E-state index contributed by atoms with van der Waals surface area (Å²) in [6.07, 6.45) is 12.1. The standard InChI is InChI=1S/C30H39NO4/c1-5-29(33)14-11-24-22-10-13-28(32)19-30(34-16-17-35-30)15-12-25(28)26(22)23(18-27(24,29)2)20-6-8-21(9-7-20)31(3)4/h1,6-9,22-24,32-33H,10-19H2,2-4H3/t22-,23+,24-,27-,28-,29-/m0/s1. The molecule has 188 valence electrons. The van der Waals surface area contributed by atoms with E-state index in [9.17, 15) is 10.2 Å². The van der Waals surface area contributed by atoms with Crippen LogP contribution >= 0.6 is 0 Å². The first-order valence-corrected chi connectivity index (χ1v) is 13.3. The fourth-order valence-corrected chi connectivity index (χ4v) is 8.56. The van der Waals surface area contributed by atoms with Gasteiger partial charge in [-0.05, 0) is 73.6 Å². The second-order valence-electron chi connectivity index (χ2n) is 12.2. The Morgan fingerprint density at radius 2 is 1.74 bits per heavy atom. The lowest BCUT2D eigenvalue weighted by Gasteiger charge is -2.57. The van der Waals surface area contributed by atoms with E-state index in [0.717, 1.165) is 38.5 Å². The fraction of sp³-hybridized carbons (Fsp3) is 0.667. The molecule has 5 nitrogen and oxygen atoms in total. The van der Waals surface area contributed by atoms with Gasteiger partial charge in [-0.2, -0.15) is 0 Å². The lowest BCUT2D eigenvalue weighted by molar-refractivity contribution is -0.208. The van der Waals surface area contributed by atoms with Gasteiger partial charge in [0.05, 0.1) is 18.8 Å². The molecule has 1 aromatic rings. The third kappa shape index (κ3) is 3.30. The van der Waals surface area contributed by atoms with Crippen LogP contribution in [0.4, 0.5) is 5.69 Å². The van der Waals surface area contributed by atoms with E-state index in [4.69, 9.17) is 15.9 Å². The Kier molecular flexibility index (Phi) is 5.27. The van der Waals surface area contributed by atoms with Crippen LogP contribution in [-0.4, -0.2) is 54.5 Å². The lowest BCUT2D eigenvalue weighted by atomic mass is 9.49. The van der Waals surface area contributed by atoms with Crippen LogP contribution in [-0.2, 0) is 9.47 Å². The van der Waals surface area contributed by atoms with Crippen molar-refractivity contribution in [2.75, 3.05) is 32.2 Å². The first-order valence-electron chi connectivity index (χ1n) is 13.3. The van der Waals surface area contributed by atoms with Crippen LogP contribution in [0.25, 0.3) is 0 Å². The molecule has 5 aliphatic rings. The minimum absolute atomic E-state index is 0.136. The molecule has 3 saturated carbocycles. The summed E-state index contributed by atoms with van der Waals surface area (Å²) < 4.78 is 12.1. The maximum Gasteiger partial charge on any atom is 0.171 e. The Balaban J connectivity index is 1.48. The molecule has 1 saturated heterocycles. The highest BCUT2D eigenvalue weighted by atomic mass is 16.7. The van der Waals surface area contributed by atoms with Crippen LogP contribution in [0.5, 0.6) is 0 Å². The molecule has 0 aromatic heterocycles.